The minimum absolute atomic E-state index is 1.14. The molecule has 60 valence electrons. The van der Waals surface area contributed by atoms with Crippen LogP contribution in [0.25, 0.3) is 5.57 Å². The van der Waals surface area contributed by atoms with Crippen LogP contribution < -0.4 is 0 Å². The second-order valence-corrected chi connectivity index (χ2v) is 3.17. The van der Waals surface area contributed by atoms with E-state index in [0.717, 1.165) is 6.42 Å². The number of allylic oxidation sites excluding steroid dienone is 1. The van der Waals surface area contributed by atoms with Gasteiger partial charge in [0.1, 0.15) is 0 Å². The van der Waals surface area contributed by atoms with Crippen LogP contribution in [0.4, 0.5) is 0 Å². The van der Waals surface area contributed by atoms with Crippen molar-refractivity contribution in [3.63, 3.8) is 0 Å². The normalized spacial score (nSPS) is 15.2. The maximum atomic E-state index is 3.72. The molecule has 12 heavy (non-hydrogen) atoms. The fraction of sp³-hybridized carbons (Fsp3) is 0.250. The Morgan fingerprint density at radius 2 is 2.00 bits per heavy atom. The predicted octanol–water partition coefficient (Wildman–Crippen LogP) is 3.19. The number of benzene rings is 1. The van der Waals surface area contributed by atoms with E-state index in [2.05, 4.69) is 36.6 Å². The molecule has 1 aliphatic carbocycles. The summed E-state index contributed by atoms with van der Waals surface area (Å²) in [6.07, 6.45) is 3.59. The molecule has 0 saturated carbocycles. The van der Waals surface area contributed by atoms with Crippen molar-refractivity contribution in [2.75, 3.05) is 0 Å². The van der Waals surface area contributed by atoms with Gasteiger partial charge in [-0.3, -0.25) is 0 Å². The third kappa shape index (κ3) is 1.11. The zero-order valence-electron chi connectivity index (χ0n) is 7.14. The Morgan fingerprint density at radius 3 is 2.83 bits per heavy atom. The lowest BCUT2D eigenvalue weighted by Crippen LogP contribution is -2.00. The minimum Gasteiger partial charge on any atom is -0.125 e. The van der Waals surface area contributed by atoms with Crippen molar-refractivity contribution in [3.05, 3.63) is 47.7 Å². The fourth-order valence-corrected chi connectivity index (χ4v) is 1.81. The monoisotopic (exact) mass is 156 g/mol. The molecule has 0 bridgehead atoms. The molecular formula is C12H12. The van der Waals surface area contributed by atoms with Gasteiger partial charge in [-0.05, 0) is 30.4 Å². The first-order valence-electron chi connectivity index (χ1n) is 4.39. The largest absolute Gasteiger partial charge is 0.125 e. The Labute approximate surface area is 73.2 Å². The average molecular weight is 156 g/mol. The standard InChI is InChI=1S/C12H12/c1-2-10-7-5-8-11-6-3-4-9-12(10)11/h3-4,6,9H,1,5,7-8H2. The molecule has 0 fully saturated rings. The Kier molecular flexibility index (Phi) is 1.85. The summed E-state index contributed by atoms with van der Waals surface area (Å²) in [4.78, 5) is 0. The second-order valence-electron chi connectivity index (χ2n) is 3.17. The van der Waals surface area contributed by atoms with Crippen molar-refractivity contribution in [1.82, 2.24) is 0 Å². The van der Waals surface area contributed by atoms with Crippen molar-refractivity contribution in [2.24, 2.45) is 0 Å². The van der Waals surface area contributed by atoms with Gasteiger partial charge < -0.3 is 0 Å². The maximum Gasteiger partial charge on any atom is 0.000869 e. The molecule has 0 spiro atoms. The van der Waals surface area contributed by atoms with Crippen molar-refractivity contribution < 1.29 is 0 Å². The zero-order chi connectivity index (χ0) is 8.39. The zero-order valence-corrected chi connectivity index (χ0v) is 7.14. The van der Waals surface area contributed by atoms with Crippen LogP contribution in [0.5, 0.6) is 0 Å². The van der Waals surface area contributed by atoms with E-state index in [9.17, 15) is 0 Å². The number of hydrogen-bond donors (Lipinski definition) is 0. The van der Waals surface area contributed by atoms with Gasteiger partial charge in [0, 0.05) is 5.57 Å². The number of rotatable bonds is 0. The van der Waals surface area contributed by atoms with E-state index in [1.807, 2.05) is 0 Å². The van der Waals surface area contributed by atoms with Crippen LogP contribution in [0.3, 0.4) is 0 Å². The van der Waals surface area contributed by atoms with Crippen LogP contribution in [-0.4, -0.2) is 0 Å². The molecule has 0 N–H and O–H groups in total. The van der Waals surface area contributed by atoms with Gasteiger partial charge in [-0.2, -0.15) is 0 Å². The van der Waals surface area contributed by atoms with Crippen LogP contribution in [0.1, 0.15) is 24.0 Å². The summed E-state index contributed by atoms with van der Waals surface area (Å²) in [5.74, 6) is 0. The van der Waals surface area contributed by atoms with Crippen molar-refractivity contribution in [2.45, 2.75) is 19.3 Å². The quantitative estimate of drug-likeness (QED) is 0.506. The number of aryl methyl sites for hydroxylation is 1. The lowest BCUT2D eigenvalue weighted by molar-refractivity contribution is 0.823. The highest BCUT2D eigenvalue weighted by molar-refractivity contribution is 5.69. The smallest absolute Gasteiger partial charge is 0.000869 e. The van der Waals surface area contributed by atoms with Crippen molar-refractivity contribution in [1.29, 1.82) is 0 Å². The first-order chi connectivity index (χ1) is 5.92. The van der Waals surface area contributed by atoms with Crippen LogP contribution >= 0.6 is 0 Å². The molecule has 1 aliphatic rings. The summed E-state index contributed by atoms with van der Waals surface area (Å²) in [7, 11) is 0. The summed E-state index contributed by atoms with van der Waals surface area (Å²) >= 11 is 0. The molecule has 0 saturated heterocycles. The van der Waals surface area contributed by atoms with Crippen LogP contribution in [0.2, 0.25) is 0 Å². The summed E-state index contributed by atoms with van der Waals surface area (Å²) in [5, 5.41) is 0. The van der Waals surface area contributed by atoms with Gasteiger partial charge in [-0.25, -0.2) is 0 Å². The van der Waals surface area contributed by atoms with Gasteiger partial charge >= 0.3 is 0 Å². The molecule has 0 nitrogen and oxygen atoms in total. The fourth-order valence-electron chi connectivity index (χ4n) is 1.81. The van der Waals surface area contributed by atoms with E-state index in [4.69, 9.17) is 0 Å². The summed E-state index contributed by atoms with van der Waals surface area (Å²) in [6.45, 7) is 3.72. The molecule has 0 heterocycles. The molecule has 0 radical (unpaired) electrons. The van der Waals surface area contributed by atoms with Gasteiger partial charge in [0.2, 0.25) is 0 Å². The van der Waals surface area contributed by atoms with E-state index in [1.165, 1.54) is 29.5 Å². The van der Waals surface area contributed by atoms with Gasteiger partial charge in [-0.15, -0.1) is 5.73 Å². The third-order valence-corrected chi connectivity index (χ3v) is 2.43. The molecule has 0 heteroatoms. The molecule has 0 unspecified atom stereocenters. The third-order valence-electron chi connectivity index (χ3n) is 2.43. The molecule has 0 aromatic heterocycles. The number of hydrogen-bond acceptors (Lipinski definition) is 0. The average Bonchev–Trinajstić information content (AvgIpc) is 2.17. The van der Waals surface area contributed by atoms with Gasteiger partial charge in [-0.1, -0.05) is 30.8 Å². The first-order valence-corrected chi connectivity index (χ1v) is 4.39. The lowest BCUT2D eigenvalue weighted by Gasteiger charge is -2.16. The Hall–Kier alpha value is -1.26. The Bertz CT molecular complexity index is 341. The summed E-state index contributed by atoms with van der Waals surface area (Å²) < 4.78 is 0. The van der Waals surface area contributed by atoms with E-state index >= 15 is 0 Å². The molecule has 0 aliphatic heterocycles. The van der Waals surface area contributed by atoms with Gasteiger partial charge in [0.25, 0.3) is 0 Å². The van der Waals surface area contributed by atoms with Crippen molar-refractivity contribution in [3.8, 4) is 0 Å². The van der Waals surface area contributed by atoms with Crippen LogP contribution in [-0.2, 0) is 6.42 Å². The highest BCUT2D eigenvalue weighted by atomic mass is 14.1. The molecule has 2 rings (SSSR count). The van der Waals surface area contributed by atoms with E-state index < -0.39 is 0 Å². The lowest BCUT2D eigenvalue weighted by atomic mass is 9.88. The topological polar surface area (TPSA) is 0 Å². The van der Waals surface area contributed by atoms with Crippen LogP contribution in [0, 0.1) is 0 Å². The van der Waals surface area contributed by atoms with Crippen LogP contribution in [0.15, 0.2) is 36.6 Å². The Balaban J connectivity index is 2.58. The maximum absolute atomic E-state index is 3.72. The molecular weight excluding hydrogens is 144 g/mol. The highest BCUT2D eigenvalue weighted by Gasteiger charge is 2.11. The minimum atomic E-state index is 1.14. The first kappa shape index (κ1) is 7.39. The molecule has 1 aromatic carbocycles. The number of fused-ring (bicyclic) bond motifs is 1. The highest BCUT2D eigenvalue weighted by Crippen LogP contribution is 2.29. The van der Waals surface area contributed by atoms with E-state index in [0.29, 0.717) is 0 Å². The van der Waals surface area contributed by atoms with E-state index in [-0.39, 0.29) is 0 Å². The van der Waals surface area contributed by atoms with Gasteiger partial charge in [0.15, 0.2) is 0 Å². The van der Waals surface area contributed by atoms with E-state index in [1.54, 1.807) is 0 Å². The second kappa shape index (κ2) is 3.00. The Morgan fingerprint density at radius 1 is 1.17 bits per heavy atom. The molecule has 0 atom stereocenters. The molecule has 1 aromatic rings. The summed E-state index contributed by atoms with van der Waals surface area (Å²) in [5.41, 5.74) is 7.13. The SMILES string of the molecule is C=C=C1CCCc2ccccc21. The van der Waals surface area contributed by atoms with Crippen molar-refractivity contribution >= 4 is 5.57 Å². The van der Waals surface area contributed by atoms with Gasteiger partial charge in [0.05, 0.1) is 0 Å². The summed E-state index contributed by atoms with van der Waals surface area (Å²) in [6, 6.07) is 8.56. The predicted molar refractivity (Wildman–Crippen MR) is 51.9 cm³/mol. The molecule has 0 amide bonds.